The molecule has 1 amide bonds. The average Bonchev–Trinajstić information content (AvgIpc) is 2.80. The molecule has 2 rings (SSSR count). The Morgan fingerprint density at radius 2 is 1.72 bits per heavy atom. The highest BCUT2D eigenvalue weighted by Crippen LogP contribution is 2.15. The van der Waals surface area contributed by atoms with E-state index in [1.165, 1.54) is 6.92 Å². The van der Waals surface area contributed by atoms with Crippen molar-refractivity contribution in [2.45, 2.75) is 38.8 Å². The van der Waals surface area contributed by atoms with Crippen LogP contribution in [0.2, 0.25) is 0 Å². The molecule has 0 saturated carbocycles. The second kappa shape index (κ2) is 17.4. The summed E-state index contributed by atoms with van der Waals surface area (Å²) in [5, 5.41) is 10.9. The summed E-state index contributed by atoms with van der Waals surface area (Å²) in [5.74, 6) is -0.184. The van der Waals surface area contributed by atoms with Crippen LogP contribution in [0.5, 0.6) is 5.75 Å². The molecule has 0 heterocycles. The largest absolute Gasteiger partial charge is 0.496 e. The number of hydrogen-bond donors (Lipinski definition) is 5. The van der Waals surface area contributed by atoms with Gasteiger partial charge < -0.3 is 32.4 Å². The summed E-state index contributed by atoms with van der Waals surface area (Å²) < 4.78 is 5.06. The number of carbonyl (C=O) groups excluding carboxylic acids is 2. The highest BCUT2D eigenvalue weighted by Gasteiger charge is 2.09. The predicted octanol–water partition coefficient (Wildman–Crippen LogP) is 2.14. The summed E-state index contributed by atoms with van der Waals surface area (Å²) in [6.07, 6.45) is 2.93. The Morgan fingerprint density at radius 3 is 2.16 bits per heavy atom. The van der Waals surface area contributed by atoms with Crippen LogP contribution < -0.4 is 27.3 Å². The molecule has 2 aromatic carbocycles. The van der Waals surface area contributed by atoms with Crippen LogP contribution in [-0.2, 0) is 16.1 Å². The number of para-hydroxylation sites is 1. The van der Waals surface area contributed by atoms with Crippen molar-refractivity contribution in [3.8, 4) is 5.75 Å². The minimum Gasteiger partial charge on any atom is -0.496 e. The number of nitrogens with one attached hydrogen (secondary N) is 1. The lowest BCUT2D eigenvalue weighted by Gasteiger charge is -2.03. The Bertz CT molecular complexity index is 789. The number of aliphatic carboxylic acids is 1. The van der Waals surface area contributed by atoms with Crippen LogP contribution in [0.1, 0.15) is 42.1 Å². The van der Waals surface area contributed by atoms with E-state index in [4.69, 9.17) is 27.0 Å². The predicted molar refractivity (Wildman–Crippen MR) is 126 cm³/mol. The Labute approximate surface area is 188 Å². The molecule has 0 aliphatic carbocycles. The summed E-state index contributed by atoms with van der Waals surface area (Å²) in [7, 11) is 1.65. The van der Waals surface area contributed by atoms with Crippen molar-refractivity contribution < 1.29 is 24.2 Å². The fourth-order valence-electron chi connectivity index (χ4n) is 2.35. The van der Waals surface area contributed by atoms with Crippen molar-refractivity contribution in [2.75, 3.05) is 19.0 Å². The maximum atomic E-state index is 10.6. The van der Waals surface area contributed by atoms with Crippen LogP contribution in [-0.4, -0.2) is 43.0 Å². The third-order valence-corrected chi connectivity index (χ3v) is 4.07. The van der Waals surface area contributed by atoms with Gasteiger partial charge in [0.2, 0.25) is 5.91 Å². The third-order valence-electron chi connectivity index (χ3n) is 4.07. The van der Waals surface area contributed by atoms with Gasteiger partial charge in [-0.25, -0.2) is 0 Å². The molecule has 0 bridgehead atoms. The number of benzene rings is 2. The molecule has 0 spiro atoms. The minimum atomic E-state index is -0.933. The zero-order valence-electron chi connectivity index (χ0n) is 18.6. The van der Waals surface area contributed by atoms with Crippen molar-refractivity contribution in [1.29, 1.82) is 0 Å². The number of hydrogen-bond acceptors (Lipinski definition) is 7. The number of rotatable bonds is 9. The fourth-order valence-corrected chi connectivity index (χ4v) is 2.35. The average molecular weight is 447 g/mol. The van der Waals surface area contributed by atoms with Crippen LogP contribution >= 0.6 is 0 Å². The SMILES string of the molecule is CC(=O)Nc1ccc(C=O)cc1.COc1ccccc1CN.NCCCCC(N)C(=O)O. The molecular weight excluding hydrogens is 412 g/mol. The molecule has 9 nitrogen and oxygen atoms in total. The van der Waals surface area contributed by atoms with E-state index in [1.54, 1.807) is 31.4 Å². The normalized spacial score (nSPS) is 10.4. The number of carboxylic acid groups (broad SMARTS) is 1. The third kappa shape index (κ3) is 13.1. The van der Waals surface area contributed by atoms with E-state index in [0.717, 1.165) is 30.4 Å². The zero-order valence-corrected chi connectivity index (χ0v) is 18.6. The first-order valence-corrected chi connectivity index (χ1v) is 10.1. The first-order valence-electron chi connectivity index (χ1n) is 10.1. The standard InChI is InChI=1S/C9H9NO2.C8H11NO.C6H14N2O2/c1-7(12)10-9-4-2-8(6-11)3-5-9;1-10-8-5-3-2-4-7(8)6-9;7-4-2-1-3-5(8)6(9)10/h2-6H,1H3,(H,10,12);2-5H,6,9H2,1H3;5H,1-4,7-8H2,(H,9,10). The lowest BCUT2D eigenvalue weighted by Crippen LogP contribution is -2.29. The van der Waals surface area contributed by atoms with Gasteiger partial charge in [-0.3, -0.25) is 14.4 Å². The number of unbranched alkanes of at least 4 members (excludes halogenated alkanes) is 1. The van der Waals surface area contributed by atoms with E-state index < -0.39 is 12.0 Å². The number of carboxylic acids is 1. The zero-order chi connectivity index (χ0) is 24.4. The fraction of sp³-hybridized carbons (Fsp3) is 0.348. The molecule has 8 N–H and O–H groups in total. The van der Waals surface area contributed by atoms with E-state index in [1.807, 2.05) is 24.3 Å². The van der Waals surface area contributed by atoms with Crippen LogP contribution in [0.3, 0.4) is 0 Å². The summed E-state index contributed by atoms with van der Waals surface area (Å²) in [4.78, 5) is 31.0. The minimum absolute atomic E-state index is 0.117. The monoisotopic (exact) mass is 446 g/mol. The van der Waals surface area contributed by atoms with E-state index >= 15 is 0 Å². The molecule has 9 heteroatoms. The molecule has 32 heavy (non-hydrogen) atoms. The van der Waals surface area contributed by atoms with Gasteiger partial charge in [-0.2, -0.15) is 0 Å². The molecule has 0 saturated heterocycles. The smallest absolute Gasteiger partial charge is 0.320 e. The molecule has 1 unspecified atom stereocenters. The summed E-state index contributed by atoms with van der Waals surface area (Å²) in [6.45, 7) is 2.57. The second-order valence-electron chi connectivity index (χ2n) is 6.67. The van der Waals surface area contributed by atoms with Gasteiger partial charge >= 0.3 is 5.97 Å². The first kappa shape index (κ1) is 28.7. The molecule has 0 fully saturated rings. The number of carbonyl (C=O) groups is 3. The van der Waals surface area contributed by atoms with Crippen LogP contribution in [0, 0.1) is 0 Å². The number of aldehydes is 1. The molecular formula is C23H34N4O5. The van der Waals surface area contributed by atoms with Gasteiger partial charge in [0.1, 0.15) is 18.1 Å². The van der Waals surface area contributed by atoms with Crippen LogP contribution in [0.4, 0.5) is 5.69 Å². The number of methoxy groups -OCH3 is 1. The highest BCUT2D eigenvalue weighted by atomic mass is 16.5. The molecule has 176 valence electrons. The van der Waals surface area contributed by atoms with Crippen molar-refractivity contribution in [3.05, 3.63) is 59.7 Å². The molecule has 0 aliphatic heterocycles. The van der Waals surface area contributed by atoms with Gasteiger partial charge in [0.05, 0.1) is 7.11 Å². The Kier molecular flexibility index (Phi) is 15.6. The molecule has 0 aliphatic rings. The Hall–Kier alpha value is -3.27. The summed E-state index contributed by atoms with van der Waals surface area (Å²) in [6, 6.07) is 13.7. The van der Waals surface area contributed by atoms with Crippen molar-refractivity contribution in [2.24, 2.45) is 17.2 Å². The van der Waals surface area contributed by atoms with E-state index in [9.17, 15) is 14.4 Å². The summed E-state index contributed by atoms with van der Waals surface area (Å²) in [5.41, 5.74) is 18.2. The van der Waals surface area contributed by atoms with E-state index in [2.05, 4.69) is 5.32 Å². The van der Waals surface area contributed by atoms with Crippen LogP contribution in [0.15, 0.2) is 48.5 Å². The maximum Gasteiger partial charge on any atom is 0.320 e. The van der Waals surface area contributed by atoms with Gasteiger partial charge in [0, 0.05) is 30.3 Å². The van der Waals surface area contributed by atoms with E-state index in [0.29, 0.717) is 30.8 Å². The van der Waals surface area contributed by atoms with Crippen molar-refractivity contribution in [3.63, 3.8) is 0 Å². The quantitative estimate of drug-likeness (QED) is 0.288. The molecule has 2 aromatic rings. The Balaban J connectivity index is 0.000000454. The first-order chi connectivity index (χ1) is 15.3. The number of amides is 1. The van der Waals surface area contributed by atoms with Gasteiger partial charge in [-0.1, -0.05) is 24.6 Å². The molecule has 0 aromatic heterocycles. The lowest BCUT2D eigenvalue weighted by molar-refractivity contribution is -0.138. The number of anilines is 1. The lowest BCUT2D eigenvalue weighted by atomic mass is 10.1. The van der Waals surface area contributed by atoms with Crippen molar-refractivity contribution in [1.82, 2.24) is 0 Å². The summed E-state index contributed by atoms with van der Waals surface area (Å²) >= 11 is 0. The number of nitrogens with two attached hydrogens (primary N) is 3. The Morgan fingerprint density at radius 1 is 1.09 bits per heavy atom. The van der Waals surface area contributed by atoms with Gasteiger partial charge in [-0.05, 0) is 49.7 Å². The highest BCUT2D eigenvalue weighted by molar-refractivity contribution is 5.89. The maximum absolute atomic E-state index is 10.6. The van der Waals surface area contributed by atoms with Gasteiger partial charge in [0.25, 0.3) is 0 Å². The topological polar surface area (TPSA) is 171 Å². The van der Waals surface area contributed by atoms with Gasteiger partial charge in [0.15, 0.2) is 0 Å². The second-order valence-corrected chi connectivity index (χ2v) is 6.67. The number of ether oxygens (including phenoxy) is 1. The van der Waals surface area contributed by atoms with E-state index in [-0.39, 0.29) is 5.91 Å². The molecule has 1 atom stereocenters. The molecule has 0 radical (unpaired) electrons. The van der Waals surface area contributed by atoms with Crippen LogP contribution in [0.25, 0.3) is 0 Å². The van der Waals surface area contributed by atoms with Gasteiger partial charge in [-0.15, -0.1) is 0 Å². The van der Waals surface area contributed by atoms with Crippen molar-refractivity contribution >= 4 is 23.9 Å².